The molecule has 0 fully saturated rings. The summed E-state index contributed by atoms with van der Waals surface area (Å²) >= 11 is 0. The zero-order chi connectivity index (χ0) is 9.44. The number of rotatable bonds is 2. The summed E-state index contributed by atoms with van der Waals surface area (Å²) in [5.41, 5.74) is 0. The van der Waals surface area contributed by atoms with Crippen molar-refractivity contribution in [3.63, 3.8) is 0 Å². The summed E-state index contributed by atoms with van der Waals surface area (Å²) in [6, 6.07) is 0. The maximum absolute atomic E-state index is 7.82. The lowest BCUT2D eigenvalue weighted by Crippen LogP contribution is -1.73. The molecule has 0 aromatic rings. The first-order valence-electron chi connectivity index (χ1n) is 1.77. The van der Waals surface area contributed by atoms with Crippen LogP contribution in [0.2, 0.25) is 0 Å². The molecule has 0 aromatic heterocycles. The van der Waals surface area contributed by atoms with E-state index in [1.807, 2.05) is 0 Å². The van der Waals surface area contributed by atoms with Crippen LogP contribution in [0.5, 0.6) is 0 Å². The second-order valence-corrected chi connectivity index (χ2v) is 3.06. The van der Waals surface area contributed by atoms with Crippen molar-refractivity contribution in [2.24, 2.45) is 0 Å². The third-order valence-electron chi connectivity index (χ3n) is 0.146. The molecule has 14 heteroatoms. The first-order valence-corrected chi connectivity index (χ1v) is 5.30. The normalized spacial score (nSPS) is 8.14. The summed E-state index contributed by atoms with van der Waals surface area (Å²) in [6.45, 7) is 0. The van der Waals surface area contributed by atoms with Gasteiger partial charge in [-0.2, -0.15) is 0 Å². The number of hydrogen-bond donors (Lipinski definition) is 10. The Kier molecular flexibility index (Phi) is 40.7. The van der Waals surface area contributed by atoms with Crippen LogP contribution in [0.4, 0.5) is 0 Å². The standard InChI is InChI=1S/3H3N.H4O5P2.H3O3P/c;;;1-6(2)5-7(3)4;1-4(2)3/h3*1H3;1-4H;1-3H. The molecular formula is H16N3O8P3. The van der Waals surface area contributed by atoms with Crippen LogP contribution in [-0.2, 0) is 4.31 Å². The van der Waals surface area contributed by atoms with Crippen LogP contribution in [0.25, 0.3) is 0 Å². The molecule has 0 atom stereocenters. The molecule has 0 aliphatic heterocycles. The Morgan fingerprint density at radius 2 is 0.714 bits per heavy atom. The Bertz CT molecular complexity index is 71.5. The Morgan fingerprint density at radius 3 is 0.714 bits per heavy atom. The first kappa shape index (κ1) is 29.4. The molecular weight excluding hydrogens is 263 g/mol. The third kappa shape index (κ3) is 76.7. The van der Waals surface area contributed by atoms with E-state index in [1.54, 1.807) is 0 Å². The van der Waals surface area contributed by atoms with E-state index in [0.717, 1.165) is 0 Å². The molecule has 0 aliphatic carbocycles. The minimum atomic E-state index is -2.62. The van der Waals surface area contributed by atoms with E-state index in [9.17, 15) is 0 Å². The lowest BCUT2D eigenvalue weighted by Gasteiger charge is -2.00. The Morgan fingerprint density at radius 1 is 0.571 bits per heavy atom. The Hall–Kier alpha value is 0.850. The molecule has 0 radical (unpaired) electrons. The zero-order valence-electron chi connectivity index (χ0n) is 7.00. The van der Waals surface area contributed by atoms with Gasteiger partial charge < -0.3 is 52.7 Å². The van der Waals surface area contributed by atoms with E-state index in [-0.39, 0.29) is 18.5 Å². The molecule has 0 saturated heterocycles. The summed E-state index contributed by atoms with van der Waals surface area (Å²) in [4.78, 5) is 53.0. The summed E-state index contributed by atoms with van der Waals surface area (Å²) < 4.78 is 3.60. The van der Waals surface area contributed by atoms with Crippen LogP contribution in [0.3, 0.4) is 0 Å². The van der Waals surface area contributed by atoms with Crippen molar-refractivity contribution in [3.8, 4) is 0 Å². The number of hydrogen-bond acceptors (Lipinski definition) is 11. The minimum Gasteiger partial charge on any atom is -0.344 e. The van der Waals surface area contributed by atoms with Crippen molar-refractivity contribution in [1.29, 1.82) is 0 Å². The zero-order valence-corrected chi connectivity index (χ0v) is 9.68. The van der Waals surface area contributed by atoms with E-state index >= 15 is 0 Å². The maximum atomic E-state index is 7.82. The van der Waals surface area contributed by atoms with Gasteiger partial charge >= 0.3 is 25.8 Å². The highest BCUT2D eigenvalue weighted by molar-refractivity contribution is 7.53. The highest BCUT2D eigenvalue weighted by Crippen LogP contribution is 2.41. The van der Waals surface area contributed by atoms with Crippen LogP contribution >= 0.6 is 25.8 Å². The summed E-state index contributed by atoms with van der Waals surface area (Å²) in [6.07, 6.45) is 0. The van der Waals surface area contributed by atoms with Crippen molar-refractivity contribution in [1.82, 2.24) is 18.5 Å². The molecule has 14 heavy (non-hydrogen) atoms. The van der Waals surface area contributed by atoms with E-state index in [0.29, 0.717) is 0 Å². The van der Waals surface area contributed by atoms with Crippen molar-refractivity contribution >= 4 is 25.8 Å². The van der Waals surface area contributed by atoms with E-state index in [2.05, 4.69) is 4.31 Å². The van der Waals surface area contributed by atoms with Crippen LogP contribution in [-0.4, -0.2) is 34.3 Å². The van der Waals surface area contributed by atoms with Gasteiger partial charge in [-0.1, -0.05) is 0 Å². The van der Waals surface area contributed by atoms with E-state index in [4.69, 9.17) is 34.3 Å². The molecule has 0 amide bonds. The van der Waals surface area contributed by atoms with Gasteiger partial charge in [0.2, 0.25) is 0 Å². The van der Waals surface area contributed by atoms with Gasteiger partial charge in [0.1, 0.15) is 0 Å². The van der Waals surface area contributed by atoms with Gasteiger partial charge in [0.25, 0.3) is 0 Å². The molecule has 0 unspecified atom stereocenters. The highest BCUT2D eigenvalue weighted by Gasteiger charge is 2.05. The van der Waals surface area contributed by atoms with Gasteiger partial charge in [-0.15, -0.1) is 0 Å². The molecule has 11 nitrogen and oxygen atoms in total. The molecule has 0 rings (SSSR count). The average Bonchev–Trinajstić information content (AvgIpc) is 1.56. The van der Waals surface area contributed by atoms with Gasteiger partial charge in [-0.05, 0) is 0 Å². The predicted molar refractivity (Wildman–Crippen MR) is 52.4 cm³/mol. The van der Waals surface area contributed by atoms with E-state index in [1.165, 1.54) is 0 Å². The van der Waals surface area contributed by atoms with Gasteiger partial charge in [0.15, 0.2) is 0 Å². The highest BCUT2D eigenvalue weighted by atomic mass is 31.2. The monoisotopic (exact) mass is 279 g/mol. The van der Waals surface area contributed by atoms with Crippen molar-refractivity contribution < 1.29 is 38.6 Å². The van der Waals surface area contributed by atoms with Gasteiger partial charge in [0.05, 0.1) is 0 Å². The van der Waals surface area contributed by atoms with Gasteiger partial charge in [-0.25, -0.2) is 4.31 Å². The van der Waals surface area contributed by atoms with Crippen molar-refractivity contribution in [3.05, 3.63) is 0 Å². The second-order valence-electron chi connectivity index (χ2n) is 0.855. The fourth-order valence-corrected chi connectivity index (χ4v) is 0.588. The summed E-state index contributed by atoms with van der Waals surface area (Å²) in [5, 5.41) is 0. The fraction of sp³-hybridized carbons (Fsp3) is 0. The van der Waals surface area contributed by atoms with Crippen molar-refractivity contribution in [2.45, 2.75) is 0 Å². The molecule has 0 heterocycles. The van der Waals surface area contributed by atoms with Crippen LogP contribution in [0.15, 0.2) is 0 Å². The van der Waals surface area contributed by atoms with E-state index < -0.39 is 25.8 Å². The lowest BCUT2D eigenvalue weighted by atomic mass is 14.0. The Balaban J connectivity index is -0.0000000347. The lowest BCUT2D eigenvalue weighted by molar-refractivity contribution is 0.324. The quantitative estimate of drug-likeness (QED) is 0.277. The molecule has 0 aliphatic rings. The largest absolute Gasteiger partial charge is 0.344 e. The van der Waals surface area contributed by atoms with Gasteiger partial charge in [0, 0.05) is 0 Å². The third-order valence-corrected chi connectivity index (χ3v) is 1.31. The molecule has 0 spiro atoms. The molecule has 0 bridgehead atoms. The van der Waals surface area contributed by atoms with Crippen molar-refractivity contribution in [2.75, 3.05) is 0 Å². The van der Waals surface area contributed by atoms with Gasteiger partial charge in [-0.3, -0.25) is 0 Å². The first-order chi connectivity index (χ1) is 4.86. The molecule has 0 aromatic carbocycles. The average molecular weight is 279 g/mol. The predicted octanol–water partition coefficient (Wildman–Crippen LogP) is -0.898. The topological polar surface area (TPSA) is 256 Å². The SMILES string of the molecule is N.N.N.OP(O)O.OP(O)OP(O)O. The molecule has 0 saturated carbocycles. The minimum absolute atomic E-state index is 0. The fourth-order valence-electron chi connectivity index (χ4n) is 0.0653. The molecule has 94 valence electrons. The maximum Gasteiger partial charge on any atom is 0.334 e. The second kappa shape index (κ2) is 19.4. The molecule has 16 N–H and O–H groups in total. The van der Waals surface area contributed by atoms with Crippen LogP contribution in [0.1, 0.15) is 0 Å². The van der Waals surface area contributed by atoms with Crippen LogP contribution in [0, 0.1) is 0 Å². The summed E-state index contributed by atoms with van der Waals surface area (Å²) in [7, 11) is -7.84. The smallest absolute Gasteiger partial charge is 0.334 e. The Labute approximate surface area is 83.7 Å². The summed E-state index contributed by atoms with van der Waals surface area (Å²) in [5.74, 6) is 0. The van der Waals surface area contributed by atoms with Crippen LogP contribution < -0.4 is 18.5 Å².